The minimum absolute atomic E-state index is 0.0833. The van der Waals surface area contributed by atoms with Gasteiger partial charge in [-0.25, -0.2) is 0 Å². The maximum Gasteiger partial charge on any atom is 0.242 e. The van der Waals surface area contributed by atoms with Crippen molar-refractivity contribution in [1.29, 1.82) is 0 Å². The predicted molar refractivity (Wildman–Crippen MR) is 67.7 cm³/mol. The molecular weight excluding hydrogens is 216 g/mol. The van der Waals surface area contributed by atoms with E-state index in [0.717, 1.165) is 17.9 Å². The summed E-state index contributed by atoms with van der Waals surface area (Å²) in [6, 6.07) is 1.90. The van der Waals surface area contributed by atoms with E-state index in [1.165, 1.54) is 0 Å². The number of carbonyl (C=O) groups excluding carboxylic acids is 1. The Morgan fingerprint density at radius 3 is 2.65 bits per heavy atom. The first-order valence-corrected chi connectivity index (χ1v) is 5.92. The largest absolute Gasteiger partial charge is 0.469 e. The Labute approximate surface area is 103 Å². The Hall–Kier alpha value is -1.29. The maximum atomic E-state index is 12.2. The van der Waals surface area contributed by atoms with E-state index in [0.29, 0.717) is 6.54 Å². The average molecular weight is 238 g/mol. The fourth-order valence-electron chi connectivity index (χ4n) is 1.90. The molecule has 0 saturated heterocycles. The van der Waals surface area contributed by atoms with Crippen LogP contribution in [0.5, 0.6) is 0 Å². The molecule has 1 aromatic rings. The van der Waals surface area contributed by atoms with E-state index in [1.54, 1.807) is 11.2 Å². The Morgan fingerprint density at radius 1 is 1.53 bits per heavy atom. The molecular formula is C13H22N2O2. The minimum Gasteiger partial charge on any atom is -0.469 e. The molecule has 1 rings (SSSR count). The Balaban J connectivity index is 2.68. The summed E-state index contributed by atoms with van der Waals surface area (Å²) in [6.07, 6.45) is 1.65. The summed E-state index contributed by atoms with van der Waals surface area (Å²) in [6.45, 7) is 9.06. The van der Waals surface area contributed by atoms with E-state index < -0.39 is 5.54 Å². The second-order valence-corrected chi connectivity index (χ2v) is 4.82. The third-order valence-electron chi connectivity index (χ3n) is 2.87. The first-order valence-electron chi connectivity index (χ1n) is 5.92. The lowest BCUT2D eigenvalue weighted by Gasteiger charge is -2.30. The second kappa shape index (κ2) is 5.36. The Morgan fingerprint density at radius 2 is 2.18 bits per heavy atom. The molecule has 0 atom stereocenters. The van der Waals surface area contributed by atoms with Crippen LogP contribution in [-0.2, 0) is 11.3 Å². The fraction of sp³-hybridized carbons (Fsp3) is 0.615. The summed E-state index contributed by atoms with van der Waals surface area (Å²) in [7, 11) is 1.81. The van der Waals surface area contributed by atoms with Crippen molar-refractivity contribution >= 4 is 5.91 Å². The monoisotopic (exact) mass is 238 g/mol. The molecule has 96 valence electrons. The molecule has 1 aromatic heterocycles. The lowest BCUT2D eigenvalue weighted by molar-refractivity contribution is -0.136. The van der Waals surface area contributed by atoms with Crippen LogP contribution in [0.15, 0.2) is 16.7 Å². The molecule has 1 heterocycles. The molecule has 4 nitrogen and oxygen atoms in total. The molecule has 0 aliphatic carbocycles. The van der Waals surface area contributed by atoms with Crippen LogP contribution >= 0.6 is 0 Å². The average Bonchev–Trinajstić information content (AvgIpc) is 2.63. The van der Waals surface area contributed by atoms with Gasteiger partial charge in [0.15, 0.2) is 0 Å². The molecule has 0 bridgehead atoms. The van der Waals surface area contributed by atoms with Gasteiger partial charge in [-0.3, -0.25) is 4.79 Å². The zero-order valence-corrected chi connectivity index (χ0v) is 11.3. The van der Waals surface area contributed by atoms with E-state index >= 15 is 0 Å². The van der Waals surface area contributed by atoms with Crippen molar-refractivity contribution in [3.8, 4) is 0 Å². The van der Waals surface area contributed by atoms with Crippen molar-refractivity contribution in [2.24, 2.45) is 0 Å². The van der Waals surface area contributed by atoms with E-state index in [1.807, 2.05) is 40.8 Å². The molecule has 0 saturated carbocycles. The number of hydrogen-bond donors (Lipinski definition) is 1. The molecule has 4 heteroatoms. The van der Waals surface area contributed by atoms with Gasteiger partial charge in [-0.2, -0.15) is 0 Å². The van der Waals surface area contributed by atoms with Crippen LogP contribution in [-0.4, -0.2) is 29.9 Å². The number of amides is 1. The number of hydrogen-bond acceptors (Lipinski definition) is 3. The highest BCUT2D eigenvalue weighted by Crippen LogP contribution is 2.14. The smallest absolute Gasteiger partial charge is 0.242 e. The van der Waals surface area contributed by atoms with Gasteiger partial charge >= 0.3 is 0 Å². The summed E-state index contributed by atoms with van der Waals surface area (Å²) in [5, 5.41) is 3.18. The van der Waals surface area contributed by atoms with Crippen LogP contribution in [0.2, 0.25) is 0 Å². The summed E-state index contributed by atoms with van der Waals surface area (Å²) in [5.74, 6) is 0.950. The van der Waals surface area contributed by atoms with Gasteiger partial charge < -0.3 is 14.6 Å². The van der Waals surface area contributed by atoms with E-state index in [2.05, 4.69) is 5.32 Å². The zero-order chi connectivity index (χ0) is 13.1. The number of carbonyl (C=O) groups is 1. The molecule has 0 spiro atoms. The van der Waals surface area contributed by atoms with Crippen LogP contribution in [0.25, 0.3) is 0 Å². The molecule has 0 fully saturated rings. The summed E-state index contributed by atoms with van der Waals surface area (Å²) in [5.41, 5.74) is 0.523. The Bertz CT molecular complexity index is 383. The molecule has 1 N–H and O–H groups in total. The first kappa shape index (κ1) is 13.8. The minimum atomic E-state index is -0.527. The van der Waals surface area contributed by atoms with Gasteiger partial charge in [-0.05, 0) is 33.4 Å². The lowest BCUT2D eigenvalue weighted by Crippen LogP contribution is -2.52. The fourth-order valence-corrected chi connectivity index (χ4v) is 1.90. The topological polar surface area (TPSA) is 45.5 Å². The van der Waals surface area contributed by atoms with Gasteiger partial charge in [0.25, 0.3) is 0 Å². The van der Waals surface area contributed by atoms with Crippen LogP contribution in [0.4, 0.5) is 0 Å². The number of nitrogens with one attached hydrogen (secondary N) is 1. The number of aryl methyl sites for hydroxylation is 1. The zero-order valence-electron chi connectivity index (χ0n) is 11.3. The number of furan rings is 1. The molecule has 0 unspecified atom stereocenters. The highest BCUT2D eigenvalue weighted by atomic mass is 16.3. The third kappa shape index (κ3) is 3.33. The predicted octanol–water partition coefficient (Wildman–Crippen LogP) is 1.93. The van der Waals surface area contributed by atoms with Crippen molar-refractivity contribution in [3.05, 3.63) is 23.7 Å². The summed E-state index contributed by atoms with van der Waals surface area (Å²) >= 11 is 0. The van der Waals surface area contributed by atoms with Gasteiger partial charge in [0.2, 0.25) is 5.91 Å². The van der Waals surface area contributed by atoms with E-state index in [-0.39, 0.29) is 5.91 Å². The van der Waals surface area contributed by atoms with Gasteiger partial charge in [-0.1, -0.05) is 6.92 Å². The maximum absolute atomic E-state index is 12.2. The van der Waals surface area contributed by atoms with Crippen molar-refractivity contribution < 1.29 is 9.21 Å². The molecule has 0 radical (unpaired) electrons. The third-order valence-corrected chi connectivity index (χ3v) is 2.87. The normalized spacial score (nSPS) is 11.6. The van der Waals surface area contributed by atoms with E-state index in [9.17, 15) is 4.79 Å². The van der Waals surface area contributed by atoms with Gasteiger partial charge in [0.05, 0.1) is 11.8 Å². The van der Waals surface area contributed by atoms with Crippen molar-refractivity contribution in [2.45, 2.75) is 39.8 Å². The van der Waals surface area contributed by atoms with Crippen LogP contribution in [0.1, 0.15) is 32.1 Å². The molecule has 0 aliphatic heterocycles. The molecule has 1 amide bonds. The van der Waals surface area contributed by atoms with Gasteiger partial charge in [0.1, 0.15) is 5.76 Å². The van der Waals surface area contributed by atoms with E-state index in [4.69, 9.17) is 4.42 Å². The number of rotatable bonds is 5. The Kier molecular flexibility index (Phi) is 4.34. The highest BCUT2D eigenvalue weighted by molar-refractivity contribution is 5.85. The number of likely N-dealkylation sites (N-methyl/N-ethyl adjacent to an activating group) is 2. The van der Waals surface area contributed by atoms with Crippen molar-refractivity contribution in [1.82, 2.24) is 10.2 Å². The standard InChI is InChI=1S/C13H22N2O2/c1-6-14-13(3,4)12(16)15(5)9-11-7-8-17-10(11)2/h7-8,14H,6,9H2,1-5H3. The SMILES string of the molecule is CCNC(C)(C)C(=O)N(C)Cc1ccoc1C. The lowest BCUT2D eigenvalue weighted by atomic mass is 10.0. The first-order chi connectivity index (χ1) is 7.88. The van der Waals surface area contributed by atoms with Crippen LogP contribution in [0.3, 0.4) is 0 Å². The summed E-state index contributed by atoms with van der Waals surface area (Å²) in [4.78, 5) is 13.9. The molecule has 0 aromatic carbocycles. The molecule has 17 heavy (non-hydrogen) atoms. The highest BCUT2D eigenvalue weighted by Gasteiger charge is 2.29. The van der Waals surface area contributed by atoms with Crippen LogP contribution < -0.4 is 5.32 Å². The summed E-state index contributed by atoms with van der Waals surface area (Å²) < 4.78 is 5.22. The van der Waals surface area contributed by atoms with Crippen molar-refractivity contribution in [3.63, 3.8) is 0 Å². The second-order valence-electron chi connectivity index (χ2n) is 4.82. The molecule has 0 aliphatic rings. The quantitative estimate of drug-likeness (QED) is 0.852. The van der Waals surface area contributed by atoms with Gasteiger partial charge in [0, 0.05) is 19.2 Å². The number of nitrogens with zero attached hydrogens (tertiary/aromatic N) is 1. The van der Waals surface area contributed by atoms with Gasteiger partial charge in [-0.15, -0.1) is 0 Å². The van der Waals surface area contributed by atoms with Crippen molar-refractivity contribution in [2.75, 3.05) is 13.6 Å². The van der Waals surface area contributed by atoms with Crippen LogP contribution in [0, 0.1) is 6.92 Å².